The maximum atomic E-state index is 12.1. The third-order valence-corrected chi connectivity index (χ3v) is 4.68. The lowest BCUT2D eigenvalue weighted by atomic mass is 10.1. The Morgan fingerprint density at radius 1 is 1.13 bits per heavy atom. The molecule has 0 bridgehead atoms. The molecular weight excluding hydrogens is 314 g/mol. The van der Waals surface area contributed by atoms with E-state index in [0.717, 1.165) is 17.7 Å². The number of sulfonamides is 1. The van der Waals surface area contributed by atoms with Crippen molar-refractivity contribution in [2.45, 2.75) is 20.3 Å². The summed E-state index contributed by atoms with van der Waals surface area (Å²) in [7, 11) is 0.411. The summed E-state index contributed by atoms with van der Waals surface area (Å²) in [6, 6.07) is 5.64. The predicted octanol–water partition coefficient (Wildman–Crippen LogP) is 1.14. The minimum Gasteiger partial charge on any atom is -0.355 e. The molecule has 1 aromatic carbocycles. The molecule has 0 atom stereocenters. The van der Waals surface area contributed by atoms with Crippen molar-refractivity contribution in [2.75, 3.05) is 44.3 Å². The molecule has 0 spiro atoms. The van der Waals surface area contributed by atoms with Crippen LogP contribution < -0.4 is 9.62 Å². The largest absolute Gasteiger partial charge is 0.355 e. The topological polar surface area (TPSA) is 69.7 Å². The number of benzene rings is 1. The van der Waals surface area contributed by atoms with Gasteiger partial charge in [0.25, 0.3) is 0 Å². The lowest BCUT2D eigenvalue weighted by molar-refractivity contribution is -0.120. The minimum absolute atomic E-state index is 0.133. The molecule has 0 aromatic heterocycles. The molecule has 1 rings (SSSR count). The lowest BCUT2D eigenvalue weighted by Gasteiger charge is -2.25. The molecule has 0 unspecified atom stereocenters. The van der Waals surface area contributed by atoms with Gasteiger partial charge in [-0.05, 0) is 39.1 Å². The number of rotatable bonds is 8. The van der Waals surface area contributed by atoms with Gasteiger partial charge in [-0.1, -0.05) is 18.2 Å². The molecule has 1 N–H and O–H groups in total. The molecule has 7 heteroatoms. The van der Waals surface area contributed by atoms with Gasteiger partial charge >= 0.3 is 0 Å². The third-order valence-electron chi connectivity index (χ3n) is 3.51. The monoisotopic (exact) mass is 341 g/mol. The van der Waals surface area contributed by atoms with Gasteiger partial charge in [0, 0.05) is 26.1 Å². The molecular formula is C16H27N3O3S. The number of anilines is 1. The van der Waals surface area contributed by atoms with E-state index in [0.29, 0.717) is 12.2 Å². The normalized spacial score (nSPS) is 11.6. The van der Waals surface area contributed by atoms with E-state index < -0.39 is 10.0 Å². The summed E-state index contributed by atoms with van der Waals surface area (Å²) in [5.74, 6) is -0.147. The Bertz CT molecular complexity index is 622. The summed E-state index contributed by atoms with van der Waals surface area (Å²) >= 11 is 0. The first-order chi connectivity index (χ1) is 10.6. The van der Waals surface area contributed by atoms with Crippen molar-refractivity contribution < 1.29 is 13.2 Å². The molecule has 0 radical (unpaired) electrons. The fourth-order valence-electron chi connectivity index (χ4n) is 2.35. The van der Waals surface area contributed by atoms with Crippen LogP contribution in [0.5, 0.6) is 0 Å². The average molecular weight is 341 g/mol. The number of amides is 1. The number of nitrogens with one attached hydrogen (secondary N) is 1. The molecule has 130 valence electrons. The van der Waals surface area contributed by atoms with Crippen molar-refractivity contribution >= 4 is 21.6 Å². The van der Waals surface area contributed by atoms with Crippen LogP contribution in [0.25, 0.3) is 0 Å². The zero-order valence-electron chi connectivity index (χ0n) is 14.6. The van der Waals surface area contributed by atoms with Crippen molar-refractivity contribution in [3.05, 3.63) is 29.3 Å². The standard InChI is InChI=1S/C16H27N3O3S/c1-13-7-6-8-14(2)16(13)19(23(5,21)22)11-9-15(20)17-10-12-18(3)4/h6-8H,9-12H2,1-5H3,(H,17,20). The van der Waals surface area contributed by atoms with Gasteiger partial charge in [0.1, 0.15) is 0 Å². The van der Waals surface area contributed by atoms with Crippen LogP contribution in [0.2, 0.25) is 0 Å². The molecule has 0 saturated carbocycles. The molecule has 6 nitrogen and oxygen atoms in total. The van der Waals surface area contributed by atoms with Crippen molar-refractivity contribution in [3.8, 4) is 0 Å². The van der Waals surface area contributed by atoms with E-state index in [1.807, 2.05) is 51.0 Å². The van der Waals surface area contributed by atoms with Crippen LogP contribution in [0.4, 0.5) is 5.69 Å². The van der Waals surface area contributed by atoms with Crippen LogP contribution in [-0.2, 0) is 14.8 Å². The average Bonchev–Trinajstić information content (AvgIpc) is 2.40. The zero-order valence-corrected chi connectivity index (χ0v) is 15.4. The van der Waals surface area contributed by atoms with Crippen LogP contribution in [0, 0.1) is 13.8 Å². The van der Waals surface area contributed by atoms with Crippen molar-refractivity contribution in [2.24, 2.45) is 0 Å². The van der Waals surface area contributed by atoms with Crippen molar-refractivity contribution in [3.63, 3.8) is 0 Å². The minimum atomic E-state index is -3.45. The molecule has 23 heavy (non-hydrogen) atoms. The maximum absolute atomic E-state index is 12.1. The van der Waals surface area contributed by atoms with Gasteiger partial charge in [-0.3, -0.25) is 9.10 Å². The Kier molecular flexibility index (Phi) is 7.02. The first-order valence-electron chi connectivity index (χ1n) is 7.58. The van der Waals surface area contributed by atoms with E-state index >= 15 is 0 Å². The van der Waals surface area contributed by atoms with Crippen LogP contribution in [0.1, 0.15) is 17.5 Å². The van der Waals surface area contributed by atoms with Gasteiger partial charge in [-0.25, -0.2) is 8.42 Å². The molecule has 0 saturated heterocycles. The number of aryl methyl sites for hydroxylation is 2. The van der Waals surface area contributed by atoms with E-state index in [1.165, 1.54) is 10.6 Å². The first kappa shape index (κ1) is 19.4. The second kappa shape index (κ2) is 8.31. The molecule has 0 aliphatic rings. The van der Waals surface area contributed by atoms with Gasteiger partial charge in [0.15, 0.2) is 0 Å². The highest BCUT2D eigenvalue weighted by molar-refractivity contribution is 7.92. The summed E-state index contributed by atoms with van der Waals surface area (Å²) in [6.07, 6.45) is 1.30. The highest BCUT2D eigenvalue weighted by Gasteiger charge is 2.21. The van der Waals surface area contributed by atoms with Gasteiger partial charge in [0.2, 0.25) is 15.9 Å². The zero-order chi connectivity index (χ0) is 17.6. The lowest BCUT2D eigenvalue weighted by Crippen LogP contribution is -2.37. The Morgan fingerprint density at radius 2 is 1.70 bits per heavy atom. The number of nitrogens with zero attached hydrogens (tertiary/aromatic N) is 2. The number of likely N-dealkylation sites (N-methyl/N-ethyl adjacent to an activating group) is 1. The van der Waals surface area contributed by atoms with Crippen LogP contribution in [-0.4, -0.2) is 59.2 Å². The summed E-state index contributed by atoms with van der Waals surface area (Å²) in [6.45, 7) is 5.18. The number of carbonyl (C=O) groups is 1. The SMILES string of the molecule is Cc1cccc(C)c1N(CCC(=O)NCCN(C)C)S(C)(=O)=O. The predicted molar refractivity (Wildman–Crippen MR) is 94.3 cm³/mol. The Balaban J connectivity index is 2.81. The van der Waals surface area contributed by atoms with Gasteiger partial charge in [0.05, 0.1) is 11.9 Å². The smallest absolute Gasteiger partial charge is 0.232 e. The van der Waals surface area contributed by atoms with E-state index in [9.17, 15) is 13.2 Å². The van der Waals surface area contributed by atoms with Crippen molar-refractivity contribution in [1.29, 1.82) is 0 Å². The van der Waals surface area contributed by atoms with Crippen LogP contribution in [0.15, 0.2) is 18.2 Å². The molecule has 0 aliphatic carbocycles. The summed E-state index contributed by atoms with van der Waals surface area (Å²) in [5, 5.41) is 2.80. The number of hydrogen-bond donors (Lipinski definition) is 1. The maximum Gasteiger partial charge on any atom is 0.232 e. The van der Waals surface area contributed by atoms with Crippen LogP contribution >= 0.6 is 0 Å². The fraction of sp³-hybridized carbons (Fsp3) is 0.562. The molecule has 0 fully saturated rings. The Morgan fingerprint density at radius 3 is 2.17 bits per heavy atom. The summed E-state index contributed by atoms with van der Waals surface area (Å²) < 4.78 is 25.6. The summed E-state index contributed by atoms with van der Waals surface area (Å²) in [5.41, 5.74) is 2.42. The number of carbonyl (C=O) groups excluding carboxylic acids is 1. The number of para-hydroxylation sites is 1. The molecule has 1 aromatic rings. The molecule has 0 heterocycles. The Hall–Kier alpha value is -1.60. The van der Waals surface area contributed by atoms with E-state index in [2.05, 4.69) is 5.32 Å². The first-order valence-corrected chi connectivity index (χ1v) is 9.43. The van der Waals surface area contributed by atoms with E-state index in [4.69, 9.17) is 0 Å². The second-order valence-electron chi connectivity index (χ2n) is 5.98. The molecule has 1 amide bonds. The van der Waals surface area contributed by atoms with Gasteiger partial charge in [-0.2, -0.15) is 0 Å². The fourth-order valence-corrected chi connectivity index (χ4v) is 3.40. The molecule has 0 aliphatic heterocycles. The second-order valence-corrected chi connectivity index (χ2v) is 7.89. The van der Waals surface area contributed by atoms with E-state index in [-0.39, 0.29) is 18.9 Å². The quantitative estimate of drug-likeness (QED) is 0.770. The van der Waals surface area contributed by atoms with Gasteiger partial charge < -0.3 is 10.2 Å². The van der Waals surface area contributed by atoms with Gasteiger partial charge in [-0.15, -0.1) is 0 Å². The number of hydrogen-bond acceptors (Lipinski definition) is 4. The Labute approximate surface area is 139 Å². The third kappa shape index (κ3) is 6.19. The summed E-state index contributed by atoms with van der Waals surface area (Å²) in [4.78, 5) is 13.9. The van der Waals surface area contributed by atoms with Crippen molar-refractivity contribution in [1.82, 2.24) is 10.2 Å². The van der Waals surface area contributed by atoms with Crippen LogP contribution in [0.3, 0.4) is 0 Å². The van der Waals surface area contributed by atoms with E-state index in [1.54, 1.807) is 0 Å². The highest BCUT2D eigenvalue weighted by atomic mass is 32.2. The highest BCUT2D eigenvalue weighted by Crippen LogP contribution is 2.26.